The molecular formula is C13H23N3OS. The second-order valence-electron chi connectivity index (χ2n) is 5.23. The number of nitrogens with zero attached hydrogens (tertiary/aromatic N) is 2. The minimum absolute atomic E-state index is 0.353. The lowest BCUT2D eigenvalue weighted by molar-refractivity contribution is 0.181. The third-order valence-corrected chi connectivity index (χ3v) is 3.99. The van der Waals surface area contributed by atoms with Crippen molar-refractivity contribution in [2.45, 2.75) is 71.1 Å². The fraction of sp³-hybridized carbons (Fsp3) is 0.846. The van der Waals surface area contributed by atoms with Gasteiger partial charge in [-0.05, 0) is 25.7 Å². The summed E-state index contributed by atoms with van der Waals surface area (Å²) in [5.41, 5.74) is 0. The van der Waals surface area contributed by atoms with Gasteiger partial charge in [0.15, 0.2) is 0 Å². The second kappa shape index (κ2) is 7.04. The van der Waals surface area contributed by atoms with Crippen LogP contribution < -0.4 is 10.1 Å². The van der Waals surface area contributed by atoms with Crippen LogP contribution in [0.3, 0.4) is 0 Å². The Kier molecular flexibility index (Phi) is 5.38. The van der Waals surface area contributed by atoms with E-state index in [9.17, 15) is 0 Å². The van der Waals surface area contributed by atoms with Crippen LogP contribution in [0.5, 0.6) is 5.19 Å². The highest BCUT2D eigenvalue weighted by atomic mass is 32.1. The molecule has 1 aromatic heterocycles. The van der Waals surface area contributed by atoms with Gasteiger partial charge in [0.2, 0.25) is 0 Å². The van der Waals surface area contributed by atoms with Gasteiger partial charge in [0.05, 0.1) is 6.54 Å². The minimum Gasteiger partial charge on any atom is -0.466 e. The number of aromatic nitrogens is 2. The molecular weight excluding hydrogens is 246 g/mol. The van der Waals surface area contributed by atoms with E-state index in [-0.39, 0.29) is 0 Å². The van der Waals surface area contributed by atoms with Gasteiger partial charge in [-0.25, -0.2) is 0 Å². The lowest BCUT2D eigenvalue weighted by atomic mass is 10.2. The molecule has 1 aromatic rings. The summed E-state index contributed by atoms with van der Waals surface area (Å²) in [6, 6.07) is 0.472. The monoisotopic (exact) mass is 269 g/mol. The Morgan fingerprint density at radius 2 is 1.94 bits per heavy atom. The highest BCUT2D eigenvalue weighted by Crippen LogP contribution is 2.25. The van der Waals surface area contributed by atoms with E-state index in [0.717, 1.165) is 16.7 Å². The molecule has 0 radical (unpaired) electrons. The van der Waals surface area contributed by atoms with Crippen molar-refractivity contribution in [1.82, 2.24) is 15.5 Å². The average Bonchev–Trinajstić information content (AvgIpc) is 2.62. The Bertz CT molecular complexity index is 346. The maximum absolute atomic E-state index is 5.94. The number of hydrogen-bond donors (Lipinski definition) is 1. The molecule has 5 heteroatoms. The first kappa shape index (κ1) is 13.7. The van der Waals surface area contributed by atoms with Crippen molar-refractivity contribution in [3.8, 4) is 5.19 Å². The number of hydrogen-bond acceptors (Lipinski definition) is 5. The van der Waals surface area contributed by atoms with E-state index < -0.39 is 0 Å². The molecule has 1 N–H and O–H groups in total. The summed E-state index contributed by atoms with van der Waals surface area (Å²) in [5, 5.41) is 13.4. The van der Waals surface area contributed by atoms with Crippen LogP contribution in [0.2, 0.25) is 0 Å². The van der Waals surface area contributed by atoms with Crippen LogP contribution in [0, 0.1) is 0 Å². The van der Waals surface area contributed by atoms with Gasteiger partial charge in [0.25, 0.3) is 5.19 Å². The van der Waals surface area contributed by atoms with Crippen LogP contribution in [-0.2, 0) is 6.54 Å². The first-order valence-electron chi connectivity index (χ1n) is 6.96. The van der Waals surface area contributed by atoms with Crippen LogP contribution in [0.4, 0.5) is 0 Å². The van der Waals surface area contributed by atoms with Crippen LogP contribution in [0.15, 0.2) is 0 Å². The van der Waals surface area contributed by atoms with Gasteiger partial charge in [0, 0.05) is 6.04 Å². The Balaban J connectivity index is 1.81. The number of ether oxygens (including phenoxy) is 1. The third-order valence-electron chi connectivity index (χ3n) is 3.18. The molecule has 2 rings (SSSR count). The van der Waals surface area contributed by atoms with Gasteiger partial charge in [-0.1, -0.05) is 43.1 Å². The maximum Gasteiger partial charge on any atom is 0.294 e. The zero-order valence-corrected chi connectivity index (χ0v) is 12.1. The van der Waals surface area contributed by atoms with Gasteiger partial charge in [-0.2, -0.15) is 0 Å². The Hall–Kier alpha value is -0.680. The van der Waals surface area contributed by atoms with Crippen molar-refractivity contribution in [2.24, 2.45) is 0 Å². The van der Waals surface area contributed by atoms with Crippen molar-refractivity contribution in [1.29, 1.82) is 0 Å². The summed E-state index contributed by atoms with van der Waals surface area (Å²) in [6.07, 6.45) is 7.94. The lowest BCUT2D eigenvalue weighted by Crippen LogP contribution is -2.21. The molecule has 1 aliphatic rings. The molecule has 0 aromatic carbocycles. The van der Waals surface area contributed by atoms with Crippen LogP contribution in [-0.4, -0.2) is 22.3 Å². The maximum atomic E-state index is 5.94. The summed E-state index contributed by atoms with van der Waals surface area (Å²) in [7, 11) is 0. The summed E-state index contributed by atoms with van der Waals surface area (Å²) in [6.45, 7) is 5.04. The van der Waals surface area contributed by atoms with E-state index >= 15 is 0 Å². The topological polar surface area (TPSA) is 47.0 Å². The summed E-state index contributed by atoms with van der Waals surface area (Å²) < 4.78 is 5.94. The Morgan fingerprint density at radius 3 is 2.61 bits per heavy atom. The first-order chi connectivity index (χ1) is 8.74. The smallest absolute Gasteiger partial charge is 0.294 e. The minimum atomic E-state index is 0.353. The van der Waals surface area contributed by atoms with Crippen molar-refractivity contribution in [2.75, 3.05) is 0 Å². The summed E-state index contributed by atoms with van der Waals surface area (Å²) in [5.74, 6) is 0. The molecule has 1 aliphatic carbocycles. The molecule has 18 heavy (non-hydrogen) atoms. The molecule has 0 atom stereocenters. The zero-order valence-electron chi connectivity index (χ0n) is 11.3. The van der Waals surface area contributed by atoms with E-state index in [4.69, 9.17) is 4.74 Å². The lowest BCUT2D eigenvalue weighted by Gasteiger charge is -2.13. The molecule has 0 bridgehead atoms. The van der Waals surface area contributed by atoms with E-state index in [1.807, 2.05) is 0 Å². The van der Waals surface area contributed by atoms with Gasteiger partial charge in [-0.15, -0.1) is 5.10 Å². The quantitative estimate of drug-likeness (QED) is 0.834. The van der Waals surface area contributed by atoms with Gasteiger partial charge in [-0.3, -0.25) is 0 Å². The molecule has 0 aliphatic heterocycles. The average molecular weight is 269 g/mol. The van der Waals surface area contributed by atoms with Gasteiger partial charge in [0.1, 0.15) is 11.1 Å². The van der Waals surface area contributed by atoms with Crippen LogP contribution in [0.1, 0.15) is 57.4 Å². The highest BCUT2D eigenvalue weighted by Gasteiger charge is 2.16. The standard InChI is InChI=1S/C13H23N3OS/c1-10(2)14-9-12-15-16-13(18-12)17-11-7-5-3-4-6-8-11/h10-11,14H,3-9H2,1-2H3. The zero-order chi connectivity index (χ0) is 12.8. The van der Waals surface area contributed by atoms with Gasteiger partial charge >= 0.3 is 0 Å². The molecule has 4 nitrogen and oxygen atoms in total. The van der Waals surface area contributed by atoms with Crippen LogP contribution >= 0.6 is 11.3 Å². The molecule has 0 saturated heterocycles. The highest BCUT2D eigenvalue weighted by molar-refractivity contribution is 7.13. The molecule has 1 fully saturated rings. The molecule has 0 amide bonds. The molecule has 102 valence electrons. The predicted molar refractivity (Wildman–Crippen MR) is 74.0 cm³/mol. The summed E-state index contributed by atoms with van der Waals surface area (Å²) >= 11 is 1.57. The predicted octanol–water partition coefficient (Wildman–Crippen LogP) is 3.14. The van der Waals surface area contributed by atoms with Crippen molar-refractivity contribution in [3.63, 3.8) is 0 Å². The van der Waals surface area contributed by atoms with Crippen molar-refractivity contribution >= 4 is 11.3 Å². The molecule has 0 spiro atoms. The van der Waals surface area contributed by atoms with E-state index in [0.29, 0.717) is 12.1 Å². The van der Waals surface area contributed by atoms with E-state index in [2.05, 4.69) is 29.4 Å². The van der Waals surface area contributed by atoms with E-state index in [1.165, 1.54) is 38.5 Å². The Morgan fingerprint density at radius 1 is 1.22 bits per heavy atom. The van der Waals surface area contributed by atoms with Crippen molar-refractivity contribution in [3.05, 3.63) is 5.01 Å². The fourth-order valence-corrected chi connectivity index (χ4v) is 2.86. The van der Waals surface area contributed by atoms with E-state index in [1.54, 1.807) is 11.3 Å². The van der Waals surface area contributed by atoms with Crippen molar-refractivity contribution < 1.29 is 4.74 Å². The Labute approximate surface area is 113 Å². The molecule has 0 unspecified atom stereocenters. The number of nitrogens with one attached hydrogen (secondary N) is 1. The molecule has 1 saturated carbocycles. The summed E-state index contributed by atoms with van der Waals surface area (Å²) in [4.78, 5) is 0. The van der Waals surface area contributed by atoms with Crippen LogP contribution in [0.25, 0.3) is 0 Å². The molecule has 1 heterocycles. The SMILES string of the molecule is CC(C)NCc1nnc(OC2CCCCCC2)s1. The fourth-order valence-electron chi connectivity index (χ4n) is 2.15. The largest absolute Gasteiger partial charge is 0.466 e. The second-order valence-corrected chi connectivity index (χ2v) is 6.25. The number of rotatable bonds is 5. The van der Waals surface area contributed by atoms with Gasteiger partial charge < -0.3 is 10.1 Å². The first-order valence-corrected chi connectivity index (χ1v) is 7.78. The normalized spacial score (nSPS) is 17.9. The third kappa shape index (κ3) is 4.53.